The molecule has 0 radical (unpaired) electrons. The SMILES string of the molecule is Cc1c(C(C)NC(=O)C2CCCCC2N)cnn1C. The van der Waals surface area contributed by atoms with E-state index in [0.29, 0.717) is 0 Å². The number of nitrogens with zero attached hydrogens (tertiary/aromatic N) is 2. The maximum atomic E-state index is 12.3. The molecule has 106 valence electrons. The average Bonchev–Trinajstić information content (AvgIpc) is 2.70. The van der Waals surface area contributed by atoms with Gasteiger partial charge in [0.05, 0.1) is 18.2 Å². The summed E-state index contributed by atoms with van der Waals surface area (Å²) in [6, 6.07) is -0.00808. The topological polar surface area (TPSA) is 72.9 Å². The zero-order chi connectivity index (χ0) is 14.0. The fourth-order valence-corrected chi connectivity index (χ4v) is 2.82. The molecule has 0 spiro atoms. The normalized spacial score (nSPS) is 25.1. The summed E-state index contributed by atoms with van der Waals surface area (Å²) < 4.78 is 1.82. The number of amides is 1. The molecule has 1 aromatic rings. The molecule has 5 nitrogen and oxygen atoms in total. The van der Waals surface area contributed by atoms with Gasteiger partial charge in [0.15, 0.2) is 0 Å². The van der Waals surface area contributed by atoms with E-state index in [2.05, 4.69) is 10.4 Å². The summed E-state index contributed by atoms with van der Waals surface area (Å²) in [6.45, 7) is 4.01. The van der Waals surface area contributed by atoms with Crippen molar-refractivity contribution in [3.63, 3.8) is 0 Å². The van der Waals surface area contributed by atoms with Crippen LogP contribution in [-0.4, -0.2) is 21.7 Å². The minimum Gasteiger partial charge on any atom is -0.349 e. The molecular formula is C14H24N4O. The minimum absolute atomic E-state index is 0.0101. The van der Waals surface area contributed by atoms with E-state index in [4.69, 9.17) is 5.73 Å². The first-order chi connectivity index (χ1) is 9.00. The van der Waals surface area contributed by atoms with Crippen molar-refractivity contribution in [3.8, 4) is 0 Å². The van der Waals surface area contributed by atoms with Gasteiger partial charge in [0.1, 0.15) is 0 Å². The Morgan fingerprint density at radius 2 is 2.21 bits per heavy atom. The molecule has 1 amide bonds. The summed E-state index contributed by atoms with van der Waals surface area (Å²) in [5.74, 6) is 0.0520. The number of nitrogens with one attached hydrogen (secondary N) is 1. The molecule has 1 fully saturated rings. The van der Waals surface area contributed by atoms with E-state index >= 15 is 0 Å². The van der Waals surface area contributed by atoms with E-state index in [1.807, 2.05) is 31.8 Å². The number of nitrogens with two attached hydrogens (primary N) is 1. The van der Waals surface area contributed by atoms with Gasteiger partial charge in [-0.05, 0) is 26.7 Å². The van der Waals surface area contributed by atoms with Crippen molar-refractivity contribution in [2.24, 2.45) is 18.7 Å². The molecule has 0 aromatic carbocycles. The van der Waals surface area contributed by atoms with Crippen LogP contribution in [-0.2, 0) is 11.8 Å². The molecule has 5 heteroatoms. The zero-order valence-corrected chi connectivity index (χ0v) is 12.0. The molecule has 3 atom stereocenters. The Bertz CT molecular complexity index is 454. The summed E-state index contributed by atoms with van der Waals surface area (Å²) in [7, 11) is 1.91. The summed E-state index contributed by atoms with van der Waals surface area (Å²) in [4.78, 5) is 12.3. The molecule has 2 rings (SSSR count). The molecule has 19 heavy (non-hydrogen) atoms. The van der Waals surface area contributed by atoms with Gasteiger partial charge in [-0.15, -0.1) is 0 Å². The molecule has 0 aliphatic heterocycles. The molecule has 1 heterocycles. The molecule has 0 bridgehead atoms. The summed E-state index contributed by atoms with van der Waals surface area (Å²) >= 11 is 0. The van der Waals surface area contributed by atoms with E-state index in [1.54, 1.807) is 0 Å². The minimum atomic E-state index is -0.0341. The number of hydrogen-bond donors (Lipinski definition) is 2. The monoisotopic (exact) mass is 264 g/mol. The number of aryl methyl sites for hydroxylation is 1. The lowest BCUT2D eigenvalue weighted by atomic mass is 9.84. The Morgan fingerprint density at radius 1 is 1.53 bits per heavy atom. The van der Waals surface area contributed by atoms with Crippen molar-refractivity contribution in [2.75, 3.05) is 0 Å². The van der Waals surface area contributed by atoms with Crippen LogP contribution in [0.15, 0.2) is 6.20 Å². The third kappa shape index (κ3) is 2.97. The molecule has 1 aliphatic carbocycles. The first-order valence-corrected chi connectivity index (χ1v) is 7.05. The Morgan fingerprint density at radius 3 is 2.79 bits per heavy atom. The van der Waals surface area contributed by atoms with E-state index < -0.39 is 0 Å². The third-order valence-electron chi connectivity index (χ3n) is 4.25. The maximum Gasteiger partial charge on any atom is 0.225 e. The highest BCUT2D eigenvalue weighted by Crippen LogP contribution is 2.24. The molecule has 1 aromatic heterocycles. The fourth-order valence-electron chi connectivity index (χ4n) is 2.82. The second-order valence-electron chi connectivity index (χ2n) is 5.59. The quantitative estimate of drug-likeness (QED) is 0.867. The lowest BCUT2D eigenvalue weighted by Gasteiger charge is -2.28. The van der Waals surface area contributed by atoms with Crippen LogP contribution in [0.1, 0.15) is 49.9 Å². The van der Waals surface area contributed by atoms with Crippen molar-refractivity contribution in [1.82, 2.24) is 15.1 Å². The Balaban J connectivity index is 2.00. The number of aromatic nitrogens is 2. The van der Waals surface area contributed by atoms with Crippen LogP contribution >= 0.6 is 0 Å². The number of carbonyl (C=O) groups is 1. The van der Waals surface area contributed by atoms with Crippen molar-refractivity contribution in [1.29, 1.82) is 0 Å². The molecule has 3 unspecified atom stereocenters. The highest BCUT2D eigenvalue weighted by Gasteiger charge is 2.29. The predicted molar refractivity (Wildman–Crippen MR) is 74.4 cm³/mol. The second kappa shape index (κ2) is 5.74. The van der Waals surface area contributed by atoms with Gasteiger partial charge < -0.3 is 11.1 Å². The van der Waals surface area contributed by atoms with Gasteiger partial charge in [-0.3, -0.25) is 9.48 Å². The van der Waals surface area contributed by atoms with Crippen molar-refractivity contribution in [2.45, 2.75) is 51.6 Å². The first-order valence-electron chi connectivity index (χ1n) is 7.05. The van der Waals surface area contributed by atoms with Crippen LogP contribution in [0.2, 0.25) is 0 Å². The summed E-state index contributed by atoms with van der Waals surface area (Å²) in [6.07, 6.45) is 5.93. The van der Waals surface area contributed by atoms with E-state index in [-0.39, 0.29) is 23.9 Å². The van der Waals surface area contributed by atoms with Crippen LogP contribution in [0.25, 0.3) is 0 Å². The standard InChI is InChI=1S/C14H24N4O/c1-9(12-8-16-18(3)10(12)2)17-14(19)11-6-4-5-7-13(11)15/h8-9,11,13H,4-7,15H2,1-3H3,(H,17,19). The Labute approximate surface area is 114 Å². The lowest BCUT2D eigenvalue weighted by molar-refractivity contribution is -0.127. The van der Waals surface area contributed by atoms with Crippen LogP contribution < -0.4 is 11.1 Å². The van der Waals surface area contributed by atoms with Gasteiger partial charge in [-0.25, -0.2) is 0 Å². The molecule has 3 N–H and O–H groups in total. The first kappa shape index (κ1) is 14.1. The molecule has 0 saturated heterocycles. The second-order valence-corrected chi connectivity index (χ2v) is 5.59. The number of rotatable bonds is 3. The Kier molecular flexibility index (Phi) is 4.24. The van der Waals surface area contributed by atoms with E-state index in [0.717, 1.165) is 36.9 Å². The van der Waals surface area contributed by atoms with E-state index in [1.165, 1.54) is 0 Å². The molecule has 1 saturated carbocycles. The van der Waals surface area contributed by atoms with Gasteiger partial charge in [0, 0.05) is 24.3 Å². The smallest absolute Gasteiger partial charge is 0.225 e. The van der Waals surface area contributed by atoms with Crippen LogP contribution in [0.4, 0.5) is 0 Å². The molecular weight excluding hydrogens is 240 g/mol. The van der Waals surface area contributed by atoms with Crippen LogP contribution in [0.3, 0.4) is 0 Å². The van der Waals surface area contributed by atoms with Gasteiger partial charge in [-0.2, -0.15) is 5.10 Å². The molecule has 1 aliphatic rings. The summed E-state index contributed by atoms with van der Waals surface area (Å²) in [5.41, 5.74) is 8.20. The van der Waals surface area contributed by atoms with Gasteiger partial charge in [0.2, 0.25) is 5.91 Å². The van der Waals surface area contributed by atoms with Crippen molar-refractivity contribution >= 4 is 5.91 Å². The lowest BCUT2D eigenvalue weighted by Crippen LogP contribution is -2.44. The van der Waals surface area contributed by atoms with Gasteiger partial charge >= 0.3 is 0 Å². The highest BCUT2D eigenvalue weighted by molar-refractivity contribution is 5.80. The zero-order valence-electron chi connectivity index (χ0n) is 12.0. The highest BCUT2D eigenvalue weighted by atomic mass is 16.2. The Hall–Kier alpha value is -1.36. The van der Waals surface area contributed by atoms with Crippen LogP contribution in [0.5, 0.6) is 0 Å². The number of hydrogen-bond acceptors (Lipinski definition) is 3. The maximum absolute atomic E-state index is 12.3. The van der Waals surface area contributed by atoms with Gasteiger partial charge in [-0.1, -0.05) is 12.8 Å². The predicted octanol–water partition coefficient (Wildman–Crippen LogP) is 1.42. The van der Waals surface area contributed by atoms with Crippen molar-refractivity contribution < 1.29 is 4.79 Å². The number of carbonyl (C=O) groups excluding carboxylic acids is 1. The average molecular weight is 264 g/mol. The van der Waals surface area contributed by atoms with Gasteiger partial charge in [0.25, 0.3) is 0 Å². The van der Waals surface area contributed by atoms with E-state index in [9.17, 15) is 4.79 Å². The largest absolute Gasteiger partial charge is 0.349 e. The van der Waals surface area contributed by atoms with Crippen molar-refractivity contribution in [3.05, 3.63) is 17.5 Å². The summed E-state index contributed by atoms with van der Waals surface area (Å²) in [5, 5.41) is 7.29. The van der Waals surface area contributed by atoms with Crippen LogP contribution in [0, 0.1) is 12.8 Å². The third-order valence-corrected chi connectivity index (χ3v) is 4.25. The fraction of sp³-hybridized carbons (Fsp3) is 0.714.